The minimum atomic E-state index is -3.42. The molecule has 4 nitrogen and oxygen atoms in total. The standard InChI is InChI=1S/C15H28N2O2S2/c1-7-8-13(5)17(6)21(18,19)15-12(4)10-20-14(15)9-16-11(2)3/h10-11,13,16H,7-9H2,1-6H3. The average molecular weight is 333 g/mol. The molecule has 6 heteroatoms. The van der Waals surface area contributed by atoms with Gasteiger partial charge in [-0.3, -0.25) is 0 Å². The van der Waals surface area contributed by atoms with Crippen LogP contribution in [0.4, 0.5) is 0 Å². The van der Waals surface area contributed by atoms with Crippen LogP contribution >= 0.6 is 11.3 Å². The second-order valence-corrected chi connectivity index (χ2v) is 8.76. The first-order valence-corrected chi connectivity index (χ1v) is 9.82. The summed E-state index contributed by atoms with van der Waals surface area (Å²) in [5, 5.41) is 5.24. The smallest absolute Gasteiger partial charge is 0.244 e. The molecule has 0 saturated heterocycles. The molecule has 1 aromatic rings. The molecule has 1 N–H and O–H groups in total. The van der Waals surface area contributed by atoms with Crippen LogP contribution in [0.5, 0.6) is 0 Å². The van der Waals surface area contributed by atoms with Crippen LogP contribution in [0.2, 0.25) is 0 Å². The molecule has 1 rings (SSSR count). The first-order valence-electron chi connectivity index (χ1n) is 7.50. The molecule has 0 aliphatic carbocycles. The highest BCUT2D eigenvalue weighted by Gasteiger charge is 2.29. The zero-order valence-corrected chi connectivity index (χ0v) is 15.6. The van der Waals surface area contributed by atoms with Crippen molar-refractivity contribution in [3.8, 4) is 0 Å². The molecule has 0 radical (unpaired) electrons. The lowest BCUT2D eigenvalue weighted by Crippen LogP contribution is -2.36. The van der Waals surface area contributed by atoms with Crippen LogP contribution in [-0.2, 0) is 16.6 Å². The number of sulfonamides is 1. The summed E-state index contributed by atoms with van der Waals surface area (Å²) < 4.78 is 27.3. The Morgan fingerprint density at radius 3 is 2.48 bits per heavy atom. The van der Waals surface area contributed by atoms with Gasteiger partial charge in [-0.05, 0) is 31.2 Å². The van der Waals surface area contributed by atoms with Crippen LogP contribution < -0.4 is 5.32 Å². The molecule has 0 amide bonds. The number of thiophene rings is 1. The van der Waals surface area contributed by atoms with Crippen molar-refractivity contribution < 1.29 is 8.42 Å². The summed E-state index contributed by atoms with van der Waals surface area (Å²) >= 11 is 1.52. The van der Waals surface area contributed by atoms with Crippen molar-refractivity contribution in [3.63, 3.8) is 0 Å². The third-order valence-electron chi connectivity index (χ3n) is 3.62. The topological polar surface area (TPSA) is 49.4 Å². The van der Waals surface area contributed by atoms with E-state index in [9.17, 15) is 8.42 Å². The second-order valence-electron chi connectivity index (χ2n) is 5.87. The van der Waals surface area contributed by atoms with E-state index in [1.807, 2.05) is 19.2 Å². The van der Waals surface area contributed by atoms with E-state index < -0.39 is 10.0 Å². The van der Waals surface area contributed by atoms with E-state index in [4.69, 9.17) is 0 Å². The summed E-state index contributed by atoms with van der Waals surface area (Å²) in [6, 6.07) is 0.352. The van der Waals surface area contributed by atoms with E-state index in [-0.39, 0.29) is 6.04 Å². The Bertz CT molecular complexity index is 550. The minimum absolute atomic E-state index is 0.0187. The molecule has 0 aliphatic rings. The molecule has 1 atom stereocenters. The van der Waals surface area contributed by atoms with E-state index in [0.29, 0.717) is 17.5 Å². The average Bonchev–Trinajstić information content (AvgIpc) is 2.77. The van der Waals surface area contributed by atoms with Crippen LogP contribution in [0.15, 0.2) is 10.3 Å². The van der Waals surface area contributed by atoms with Crippen molar-refractivity contribution >= 4 is 21.4 Å². The number of rotatable bonds is 8. The van der Waals surface area contributed by atoms with Crippen molar-refractivity contribution in [2.45, 2.75) is 71.0 Å². The summed E-state index contributed by atoms with van der Waals surface area (Å²) in [6.45, 7) is 10.6. The highest BCUT2D eigenvalue weighted by Crippen LogP contribution is 2.30. The Morgan fingerprint density at radius 2 is 1.95 bits per heavy atom. The van der Waals surface area contributed by atoms with Gasteiger partial charge in [0.25, 0.3) is 0 Å². The Balaban J connectivity index is 3.10. The summed E-state index contributed by atoms with van der Waals surface area (Å²) in [5.74, 6) is 0. The highest BCUT2D eigenvalue weighted by molar-refractivity contribution is 7.89. The molecule has 0 spiro atoms. The first-order chi connectivity index (χ1) is 9.71. The zero-order chi connectivity index (χ0) is 16.2. The molecular weight excluding hydrogens is 304 g/mol. The molecule has 0 bridgehead atoms. The fourth-order valence-electron chi connectivity index (χ4n) is 2.23. The largest absolute Gasteiger partial charge is 0.310 e. The molecule has 21 heavy (non-hydrogen) atoms. The molecule has 1 unspecified atom stereocenters. The number of nitrogens with zero attached hydrogens (tertiary/aromatic N) is 1. The second kappa shape index (κ2) is 7.72. The fraction of sp³-hybridized carbons (Fsp3) is 0.733. The van der Waals surface area contributed by atoms with Gasteiger partial charge in [-0.15, -0.1) is 11.3 Å². The van der Waals surface area contributed by atoms with Gasteiger partial charge >= 0.3 is 0 Å². The van der Waals surface area contributed by atoms with Gasteiger partial charge in [-0.2, -0.15) is 4.31 Å². The number of nitrogens with one attached hydrogen (secondary N) is 1. The van der Waals surface area contributed by atoms with Gasteiger partial charge in [0.15, 0.2) is 0 Å². The van der Waals surface area contributed by atoms with Gasteiger partial charge in [0.2, 0.25) is 10.0 Å². The number of hydrogen-bond acceptors (Lipinski definition) is 4. The predicted octanol–water partition coefficient (Wildman–Crippen LogP) is 3.36. The third kappa shape index (κ3) is 4.52. The monoisotopic (exact) mass is 332 g/mol. The van der Waals surface area contributed by atoms with Gasteiger partial charge in [0.1, 0.15) is 4.90 Å². The highest BCUT2D eigenvalue weighted by atomic mass is 32.2. The maximum atomic E-state index is 12.9. The van der Waals surface area contributed by atoms with Gasteiger partial charge < -0.3 is 5.32 Å². The lowest BCUT2D eigenvalue weighted by molar-refractivity contribution is 0.368. The van der Waals surface area contributed by atoms with Crippen molar-refractivity contribution in [1.82, 2.24) is 9.62 Å². The molecule has 0 fully saturated rings. The van der Waals surface area contributed by atoms with Crippen molar-refractivity contribution in [2.24, 2.45) is 0 Å². The molecule has 1 heterocycles. The van der Waals surface area contributed by atoms with Gasteiger partial charge in [0, 0.05) is 30.6 Å². The molecule has 0 aromatic carbocycles. The summed E-state index contributed by atoms with van der Waals surface area (Å²) in [7, 11) is -1.74. The third-order valence-corrected chi connectivity index (χ3v) is 7.06. The van der Waals surface area contributed by atoms with Gasteiger partial charge in [-0.25, -0.2) is 8.42 Å². The Labute approximate surface area is 133 Å². The van der Waals surface area contributed by atoms with Crippen LogP contribution in [0.25, 0.3) is 0 Å². The normalized spacial score (nSPS) is 14.1. The van der Waals surface area contributed by atoms with Gasteiger partial charge in [-0.1, -0.05) is 27.2 Å². The molecule has 1 aromatic heterocycles. The zero-order valence-electron chi connectivity index (χ0n) is 13.9. The van der Waals surface area contributed by atoms with Crippen LogP contribution in [-0.4, -0.2) is 31.9 Å². The van der Waals surface area contributed by atoms with E-state index in [2.05, 4.69) is 26.1 Å². The number of aryl methyl sites for hydroxylation is 1. The van der Waals surface area contributed by atoms with E-state index >= 15 is 0 Å². The predicted molar refractivity (Wildman–Crippen MR) is 90.4 cm³/mol. The molecule has 122 valence electrons. The Kier molecular flexibility index (Phi) is 6.84. The minimum Gasteiger partial charge on any atom is -0.310 e. The van der Waals surface area contributed by atoms with Gasteiger partial charge in [0.05, 0.1) is 0 Å². The van der Waals surface area contributed by atoms with E-state index in [0.717, 1.165) is 23.3 Å². The fourth-order valence-corrected chi connectivity index (χ4v) is 5.33. The summed E-state index contributed by atoms with van der Waals surface area (Å²) in [5.41, 5.74) is 0.844. The number of hydrogen-bond donors (Lipinski definition) is 1. The maximum absolute atomic E-state index is 12.9. The lowest BCUT2D eigenvalue weighted by atomic mass is 10.2. The van der Waals surface area contributed by atoms with Crippen LogP contribution in [0, 0.1) is 6.92 Å². The molecular formula is C15H28N2O2S2. The first kappa shape index (κ1) is 18.6. The van der Waals surface area contributed by atoms with Crippen LogP contribution in [0.1, 0.15) is 51.0 Å². The summed E-state index contributed by atoms with van der Waals surface area (Å²) in [6.07, 6.45) is 1.85. The van der Waals surface area contributed by atoms with E-state index in [1.165, 1.54) is 15.6 Å². The van der Waals surface area contributed by atoms with Crippen molar-refractivity contribution in [3.05, 3.63) is 15.8 Å². The lowest BCUT2D eigenvalue weighted by Gasteiger charge is -2.24. The Hall–Kier alpha value is -0.430. The SMILES string of the molecule is CCCC(C)N(C)S(=O)(=O)c1c(C)csc1CNC(C)C. The quantitative estimate of drug-likeness (QED) is 0.794. The van der Waals surface area contributed by atoms with Crippen molar-refractivity contribution in [2.75, 3.05) is 7.05 Å². The Morgan fingerprint density at radius 1 is 1.33 bits per heavy atom. The molecule has 0 aliphatic heterocycles. The van der Waals surface area contributed by atoms with Crippen molar-refractivity contribution in [1.29, 1.82) is 0 Å². The summed E-state index contributed by atoms with van der Waals surface area (Å²) in [4.78, 5) is 1.39. The molecule has 0 saturated carbocycles. The maximum Gasteiger partial charge on any atom is 0.244 e. The van der Waals surface area contributed by atoms with E-state index in [1.54, 1.807) is 7.05 Å². The van der Waals surface area contributed by atoms with Crippen LogP contribution in [0.3, 0.4) is 0 Å².